The topological polar surface area (TPSA) is 277 Å². The van der Waals surface area contributed by atoms with E-state index in [1.807, 2.05) is 0 Å². The van der Waals surface area contributed by atoms with Crippen molar-refractivity contribution in [2.75, 3.05) is 20.8 Å². The molecule has 4 aromatic rings. The van der Waals surface area contributed by atoms with Crippen LogP contribution < -0.4 is 19.6 Å². The summed E-state index contributed by atoms with van der Waals surface area (Å²) in [5, 5.41) is 94.4. The highest BCUT2D eigenvalue weighted by molar-refractivity contribution is 5.88. The fourth-order valence-corrected chi connectivity index (χ4v) is 6.17. The van der Waals surface area contributed by atoms with E-state index in [1.165, 1.54) is 57.5 Å². The highest BCUT2D eigenvalue weighted by atomic mass is 16.7. The molecule has 0 spiro atoms. The SMILES string of the molecule is COc1cc(CO[C@H]2[C@H](OC[C@H]3O[C@@H](Oc4c(-c5ccc(O)cc5)oc5cc(O)cc(O)c5c4=O)[C@H](O)[C@@H](O)[C@@H]3O)O[C@@H](C)[C@H](O)[C@H]2O)cc(OC)c1O. The normalized spacial score (nSPS) is 28.5. The number of benzene rings is 3. The lowest BCUT2D eigenvalue weighted by molar-refractivity contribution is -0.325. The van der Waals surface area contributed by atoms with Gasteiger partial charge in [-0.3, -0.25) is 4.79 Å². The highest BCUT2D eigenvalue weighted by Crippen LogP contribution is 2.39. The molecule has 0 radical (unpaired) electrons. The number of fused-ring (bicyclic) bond motifs is 1. The number of ether oxygens (including phenoxy) is 7. The van der Waals surface area contributed by atoms with Crippen LogP contribution in [-0.2, 0) is 25.6 Å². The lowest BCUT2D eigenvalue weighted by Crippen LogP contribution is -2.62. The summed E-state index contributed by atoms with van der Waals surface area (Å²) in [6, 6.07) is 10.3. The molecule has 0 amide bonds. The molecule has 0 bridgehead atoms. The molecule has 3 heterocycles. The van der Waals surface area contributed by atoms with Crippen molar-refractivity contribution >= 4 is 11.0 Å². The minimum atomic E-state index is -1.95. The second-order valence-electron chi connectivity index (χ2n) is 12.8. The zero-order valence-corrected chi connectivity index (χ0v) is 29.0. The zero-order valence-electron chi connectivity index (χ0n) is 29.0. The van der Waals surface area contributed by atoms with Crippen molar-refractivity contribution in [2.24, 2.45) is 0 Å². The van der Waals surface area contributed by atoms with Crippen LogP contribution in [0.4, 0.5) is 0 Å². The van der Waals surface area contributed by atoms with Gasteiger partial charge in [-0.15, -0.1) is 0 Å². The Balaban J connectivity index is 1.25. The highest BCUT2D eigenvalue weighted by Gasteiger charge is 2.48. The van der Waals surface area contributed by atoms with E-state index >= 15 is 0 Å². The van der Waals surface area contributed by atoms with Gasteiger partial charge in [-0.2, -0.15) is 0 Å². The Bertz CT molecular complexity index is 1970. The van der Waals surface area contributed by atoms with E-state index in [4.69, 9.17) is 37.6 Å². The maximum Gasteiger partial charge on any atom is 0.239 e. The predicted molar refractivity (Wildman–Crippen MR) is 182 cm³/mol. The molecule has 0 saturated carbocycles. The van der Waals surface area contributed by atoms with Crippen LogP contribution in [0.5, 0.6) is 40.2 Å². The van der Waals surface area contributed by atoms with Crippen LogP contribution >= 0.6 is 0 Å². The minimum Gasteiger partial charge on any atom is -0.508 e. The summed E-state index contributed by atoms with van der Waals surface area (Å²) in [5.74, 6) is -2.10. The monoisotopic (exact) mass is 760 g/mol. The van der Waals surface area contributed by atoms with Gasteiger partial charge in [0.25, 0.3) is 0 Å². The van der Waals surface area contributed by atoms with Crippen molar-refractivity contribution in [3.8, 4) is 51.6 Å². The van der Waals surface area contributed by atoms with E-state index in [-0.39, 0.29) is 46.5 Å². The first-order valence-corrected chi connectivity index (χ1v) is 16.6. The van der Waals surface area contributed by atoms with Crippen molar-refractivity contribution < 1.29 is 83.5 Å². The summed E-state index contributed by atoms with van der Waals surface area (Å²) in [4.78, 5) is 13.8. The average Bonchev–Trinajstić information content (AvgIpc) is 3.14. The third kappa shape index (κ3) is 7.56. The smallest absolute Gasteiger partial charge is 0.239 e. The first-order valence-electron chi connectivity index (χ1n) is 16.6. The number of rotatable bonds is 11. The lowest BCUT2D eigenvalue weighted by atomic mass is 9.98. The van der Waals surface area contributed by atoms with Crippen molar-refractivity contribution in [1.29, 1.82) is 0 Å². The van der Waals surface area contributed by atoms with E-state index in [0.29, 0.717) is 5.56 Å². The second kappa shape index (κ2) is 15.8. The Morgan fingerprint density at radius 3 is 2.04 bits per heavy atom. The van der Waals surface area contributed by atoms with Crippen molar-refractivity contribution in [1.82, 2.24) is 0 Å². The van der Waals surface area contributed by atoms with Gasteiger partial charge in [0.1, 0.15) is 70.9 Å². The van der Waals surface area contributed by atoms with Crippen LogP contribution in [-0.4, -0.2) is 128 Å². The van der Waals surface area contributed by atoms with E-state index in [2.05, 4.69) is 0 Å². The van der Waals surface area contributed by atoms with Gasteiger partial charge in [-0.25, -0.2) is 0 Å². The number of hydrogen-bond acceptors (Lipinski definition) is 18. The van der Waals surface area contributed by atoms with Gasteiger partial charge in [0.2, 0.25) is 23.2 Å². The van der Waals surface area contributed by atoms with Gasteiger partial charge < -0.3 is 83.5 Å². The van der Waals surface area contributed by atoms with Crippen LogP contribution in [0, 0.1) is 0 Å². The van der Waals surface area contributed by atoms with Crippen molar-refractivity contribution in [3.05, 3.63) is 64.3 Å². The number of aromatic hydroxyl groups is 4. The molecule has 0 aliphatic carbocycles. The van der Waals surface area contributed by atoms with E-state index in [1.54, 1.807) is 0 Å². The summed E-state index contributed by atoms with van der Waals surface area (Å²) < 4.78 is 45.5. The van der Waals surface area contributed by atoms with Gasteiger partial charge in [-0.1, -0.05) is 0 Å². The van der Waals surface area contributed by atoms with E-state index in [0.717, 1.165) is 12.1 Å². The van der Waals surface area contributed by atoms with Gasteiger partial charge in [0.05, 0.1) is 33.5 Å². The Morgan fingerprint density at radius 2 is 1.39 bits per heavy atom. The summed E-state index contributed by atoms with van der Waals surface area (Å²) >= 11 is 0. The Hall–Kier alpha value is -4.89. The van der Waals surface area contributed by atoms with Crippen LogP contribution in [0.25, 0.3) is 22.3 Å². The molecule has 18 nitrogen and oxygen atoms in total. The Kier molecular flexibility index (Phi) is 11.4. The number of aliphatic hydroxyl groups excluding tert-OH is 5. The molecule has 2 saturated heterocycles. The zero-order chi connectivity index (χ0) is 39.0. The summed E-state index contributed by atoms with van der Waals surface area (Å²) in [7, 11) is 2.69. The van der Waals surface area contributed by atoms with Crippen LogP contribution in [0.1, 0.15) is 12.5 Å². The maximum absolute atomic E-state index is 13.8. The maximum atomic E-state index is 13.8. The molecule has 18 heteroatoms. The van der Waals surface area contributed by atoms with Gasteiger partial charge in [-0.05, 0) is 48.9 Å². The molecule has 2 fully saturated rings. The number of aliphatic hydroxyl groups is 5. The average molecular weight is 761 g/mol. The molecule has 3 aromatic carbocycles. The quantitative estimate of drug-likeness (QED) is 0.101. The minimum absolute atomic E-state index is 0.0866. The second-order valence-corrected chi connectivity index (χ2v) is 12.8. The molecule has 10 atom stereocenters. The first kappa shape index (κ1) is 38.8. The molecule has 54 heavy (non-hydrogen) atoms. The van der Waals surface area contributed by atoms with E-state index in [9.17, 15) is 50.8 Å². The number of methoxy groups -OCH3 is 2. The summed E-state index contributed by atoms with van der Waals surface area (Å²) in [6.45, 7) is 0.685. The Labute approximate surface area is 306 Å². The fourth-order valence-electron chi connectivity index (χ4n) is 6.17. The molecule has 9 N–H and O–H groups in total. The standard InChI is InChI=1S/C36H40O18/c1-14-25(40)30(45)34(49-12-15-8-21(47-2)26(41)22(9-15)48-3)36(51-14)50-13-23-27(42)29(44)31(46)35(53-23)54-33-28(43)24-19(39)10-18(38)11-20(24)52-32(33)16-4-6-17(37)7-5-16/h4-11,14,23,25,27,29-31,34-42,44-46H,12-13H2,1-3H3/t14-,23+,25-,27+,29-,30+,31+,34+,35-,36+/m0/s1. The van der Waals surface area contributed by atoms with Crippen molar-refractivity contribution in [2.45, 2.75) is 74.9 Å². The molecule has 0 unspecified atom stereocenters. The molecule has 292 valence electrons. The lowest BCUT2D eigenvalue weighted by Gasteiger charge is -2.43. The summed E-state index contributed by atoms with van der Waals surface area (Å²) in [5.41, 5.74) is -0.551. The number of phenolic OH excluding ortho intramolecular Hbond substituents is 4. The van der Waals surface area contributed by atoms with Crippen molar-refractivity contribution in [3.63, 3.8) is 0 Å². The van der Waals surface area contributed by atoms with Crippen LogP contribution in [0.3, 0.4) is 0 Å². The van der Waals surface area contributed by atoms with Gasteiger partial charge >= 0.3 is 0 Å². The van der Waals surface area contributed by atoms with Gasteiger partial charge in [0, 0.05) is 17.7 Å². The summed E-state index contributed by atoms with van der Waals surface area (Å²) in [6.07, 6.45) is -15.6. The third-order valence-corrected chi connectivity index (χ3v) is 9.14. The van der Waals surface area contributed by atoms with Gasteiger partial charge in [0.15, 0.2) is 23.5 Å². The van der Waals surface area contributed by atoms with E-state index < -0.39 is 96.1 Å². The molecule has 2 aliphatic heterocycles. The fraction of sp³-hybridized carbons (Fsp3) is 0.417. The Morgan fingerprint density at radius 1 is 0.722 bits per heavy atom. The number of phenols is 4. The number of hydrogen-bond donors (Lipinski definition) is 9. The molecular weight excluding hydrogens is 720 g/mol. The van der Waals surface area contributed by atoms with Crippen LogP contribution in [0.15, 0.2) is 57.7 Å². The largest absolute Gasteiger partial charge is 0.508 e. The van der Waals surface area contributed by atoms with Crippen LogP contribution in [0.2, 0.25) is 0 Å². The molecule has 1 aromatic heterocycles. The molecule has 6 rings (SSSR count). The molecule has 2 aliphatic rings. The first-order chi connectivity index (χ1) is 25.7. The third-order valence-electron chi connectivity index (χ3n) is 9.14. The molecular formula is C36H40O18. The predicted octanol–water partition coefficient (Wildman–Crippen LogP) is 0.555.